The van der Waals surface area contributed by atoms with E-state index in [9.17, 15) is 16.8 Å². The summed E-state index contributed by atoms with van der Waals surface area (Å²) in [5, 5.41) is 8.25. The number of hydrogen-bond acceptors (Lipinski definition) is 5. The lowest BCUT2D eigenvalue weighted by Gasteiger charge is -2.29. The molecule has 1 heterocycles. The van der Waals surface area contributed by atoms with Crippen molar-refractivity contribution in [2.75, 3.05) is 24.7 Å². The molecule has 0 aromatic rings. The summed E-state index contributed by atoms with van der Waals surface area (Å²) < 4.78 is 49.4. The number of aliphatic hydroxyl groups is 1. The van der Waals surface area contributed by atoms with Gasteiger partial charge in [-0.05, 0) is 19.3 Å². The highest BCUT2D eigenvalue weighted by atomic mass is 32.2. The molecule has 0 radical (unpaired) electrons. The van der Waals surface area contributed by atoms with Crippen LogP contribution < -0.4 is 0 Å². The summed E-state index contributed by atoms with van der Waals surface area (Å²) in [5.74, 6) is -0.321. The first-order valence-electron chi connectivity index (χ1n) is 6.69. The van der Waals surface area contributed by atoms with E-state index in [1.54, 1.807) is 0 Å². The van der Waals surface area contributed by atoms with E-state index in [-0.39, 0.29) is 37.1 Å². The molecule has 0 bridgehead atoms. The van der Waals surface area contributed by atoms with Gasteiger partial charge in [-0.25, -0.2) is 16.8 Å². The molecule has 0 aromatic heterocycles. The first-order valence-corrected chi connectivity index (χ1v) is 10.0. The van der Waals surface area contributed by atoms with Gasteiger partial charge in [-0.15, -0.1) is 0 Å². The molecule has 0 aromatic carbocycles. The maximum atomic E-state index is 12.5. The summed E-state index contributed by atoms with van der Waals surface area (Å²) in [6.07, 6.45) is 3.77. The fraction of sp³-hybridized carbons (Fsp3) is 1.00. The number of rotatable bonds is 5. The van der Waals surface area contributed by atoms with E-state index in [2.05, 4.69) is 0 Å². The van der Waals surface area contributed by atoms with E-state index in [4.69, 9.17) is 5.11 Å². The van der Waals surface area contributed by atoms with Gasteiger partial charge in [0, 0.05) is 12.6 Å². The Kier molecular flexibility index (Phi) is 4.54. The predicted molar refractivity (Wildman–Crippen MR) is 72.0 cm³/mol. The standard InChI is InChI=1S/C11H21NO5S2/c13-7-6-12(10-3-1-2-4-10)19(16,17)11-5-8-18(14,15)9-11/h10-11,13H,1-9H2. The van der Waals surface area contributed by atoms with Crippen molar-refractivity contribution in [1.29, 1.82) is 0 Å². The molecule has 1 N–H and O–H groups in total. The Bertz CT molecular complexity index is 507. The zero-order valence-corrected chi connectivity index (χ0v) is 12.5. The third-order valence-corrected chi connectivity index (χ3v) is 8.35. The van der Waals surface area contributed by atoms with Gasteiger partial charge in [-0.2, -0.15) is 4.31 Å². The lowest BCUT2D eigenvalue weighted by Crippen LogP contribution is -2.46. The van der Waals surface area contributed by atoms with E-state index >= 15 is 0 Å². The average Bonchev–Trinajstić information content (AvgIpc) is 2.94. The van der Waals surface area contributed by atoms with Gasteiger partial charge in [0.05, 0.1) is 23.4 Å². The molecule has 1 aliphatic carbocycles. The maximum absolute atomic E-state index is 12.5. The van der Waals surface area contributed by atoms with Crippen molar-refractivity contribution in [1.82, 2.24) is 4.31 Å². The van der Waals surface area contributed by atoms with Crippen LogP contribution in [0.3, 0.4) is 0 Å². The molecule has 19 heavy (non-hydrogen) atoms. The fourth-order valence-corrected chi connectivity index (χ4v) is 7.76. The minimum absolute atomic E-state index is 0.0471. The summed E-state index contributed by atoms with van der Waals surface area (Å²) in [6, 6.07) is -0.0690. The van der Waals surface area contributed by atoms with Gasteiger partial charge in [-0.1, -0.05) is 12.8 Å². The van der Waals surface area contributed by atoms with Gasteiger partial charge in [0.2, 0.25) is 10.0 Å². The molecule has 1 aliphatic heterocycles. The summed E-state index contributed by atoms with van der Waals surface area (Å²) in [7, 11) is -6.84. The van der Waals surface area contributed by atoms with Crippen molar-refractivity contribution >= 4 is 19.9 Å². The van der Waals surface area contributed by atoms with E-state index in [1.165, 1.54) is 4.31 Å². The number of aliphatic hydroxyl groups excluding tert-OH is 1. The first kappa shape index (κ1) is 15.2. The molecule has 1 saturated heterocycles. The topological polar surface area (TPSA) is 91.8 Å². The van der Waals surface area contributed by atoms with Crippen LogP contribution in [0.25, 0.3) is 0 Å². The van der Waals surface area contributed by atoms with Crippen LogP contribution in [0.1, 0.15) is 32.1 Å². The third kappa shape index (κ3) is 3.29. The second-order valence-corrected chi connectivity index (χ2v) is 9.74. The number of sulfone groups is 1. The van der Waals surface area contributed by atoms with Gasteiger partial charge in [-0.3, -0.25) is 0 Å². The predicted octanol–water partition coefficient (Wildman–Crippen LogP) is -0.260. The zero-order chi connectivity index (χ0) is 14.1. The van der Waals surface area contributed by atoms with Crippen LogP contribution >= 0.6 is 0 Å². The van der Waals surface area contributed by atoms with E-state index in [0.717, 1.165) is 25.7 Å². The van der Waals surface area contributed by atoms with E-state index in [1.807, 2.05) is 0 Å². The zero-order valence-electron chi connectivity index (χ0n) is 10.9. The highest BCUT2D eigenvalue weighted by Crippen LogP contribution is 2.29. The normalized spacial score (nSPS) is 28.2. The average molecular weight is 311 g/mol. The molecule has 0 amide bonds. The van der Waals surface area contributed by atoms with Gasteiger partial charge >= 0.3 is 0 Å². The van der Waals surface area contributed by atoms with Gasteiger partial charge < -0.3 is 5.11 Å². The second kappa shape index (κ2) is 5.67. The molecule has 1 atom stereocenters. The molecule has 8 heteroatoms. The third-order valence-electron chi connectivity index (χ3n) is 3.99. The summed E-state index contributed by atoms with van der Waals surface area (Å²) in [6.45, 7) is -0.154. The second-order valence-electron chi connectivity index (χ2n) is 5.34. The highest BCUT2D eigenvalue weighted by Gasteiger charge is 2.42. The molecule has 2 rings (SSSR count). The molecule has 2 fully saturated rings. The van der Waals surface area contributed by atoms with Crippen molar-refractivity contribution in [2.24, 2.45) is 0 Å². The van der Waals surface area contributed by atoms with E-state index < -0.39 is 25.1 Å². The number of hydrogen-bond donors (Lipinski definition) is 1. The minimum Gasteiger partial charge on any atom is -0.395 e. The smallest absolute Gasteiger partial charge is 0.218 e. The molecule has 6 nitrogen and oxygen atoms in total. The number of sulfonamides is 1. The van der Waals surface area contributed by atoms with Crippen LogP contribution in [0.4, 0.5) is 0 Å². The molecular formula is C11H21NO5S2. The van der Waals surface area contributed by atoms with Crippen LogP contribution in [0.5, 0.6) is 0 Å². The van der Waals surface area contributed by atoms with Gasteiger partial charge in [0.25, 0.3) is 0 Å². The molecule has 2 aliphatic rings. The lowest BCUT2D eigenvalue weighted by atomic mass is 10.2. The van der Waals surface area contributed by atoms with Crippen molar-refractivity contribution in [2.45, 2.75) is 43.4 Å². The van der Waals surface area contributed by atoms with Gasteiger partial charge in [0.1, 0.15) is 0 Å². The van der Waals surface area contributed by atoms with Gasteiger partial charge in [0.15, 0.2) is 9.84 Å². The van der Waals surface area contributed by atoms with Crippen LogP contribution in [0.2, 0.25) is 0 Å². The van der Waals surface area contributed by atoms with Crippen molar-refractivity contribution in [3.8, 4) is 0 Å². The minimum atomic E-state index is -3.62. The van der Waals surface area contributed by atoms with E-state index in [0.29, 0.717) is 0 Å². The Morgan fingerprint density at radius 2 is 1.79 bits per heavy atom. The van der Waals surface area contributed by atoms with Crippen molar-refractivity contribution in [3.05, 3.63) is 0 Å². The Hall–Kier alpha value is -0.180. The highest BCUT2D eigenvalue weighted by molar-refractivity contribution is 7.95. The Morgan fingerprint density at radius 1 is 1.16 bits per heavy atom. The summed E-state index contributed by atoms with van der Waals surface area (Å²) in [4.78, 5) is 0. The Morgan fingerprint density at radius 3 is 2.26 bits per heavy atom. The van der Waals surface area contributed by atoms with Crippen molar-refractivity contribution in [3.63, 3.8) is 0 Å². The lowest BCUT2D eigenvalue weighted by molar-refractivity contribution is 0.225. The molecule has 0 spiro atoms. The summed E-state index contributed by atoms with van der Waals surface area (Å²) >= 11 is 0. The molecule has 1 unspecified atom stereocenters. The van der Waals surface area contributed by atoms with Crippen LogP contribution in [0.15, 0.2) is 0 Å². The summed E-state index contributed by atoms with van der Waals surface area (Å²) in [5.41, 5.74) is 0. The number of nitrogens with zero attached hydrogens (tertiary/aromatic N) is 1. The van der Waals surface area contributed by atoms with Crippen molar-refractivity contribution < 1.29 is 21.9 Å². The molecule has 112 valence electrons. The maximum Gasteiger partial charge on any atom is 0.218 e. The van der Waals surface area contributed by atoms with Crippen LogP contribution in [0, 0.1) is 0 Å². The SMILES string of the molecule is O=S1(=O)CCC(S(=O)(=O)N(CCO)C2CCCC2)C1. The quantitative estimate of drug-likeness (QED) is 0.755. The fourth-order valence-electron chi connectivity index (χ4n) is 3.00. The molecular weight excluding hydrogens is 290 g/mol. The largest absolute Gasteiger partial charge is 0.395 e. The van der Waals surface area contributed by atoms with Crippen LogP contribution in [-0.2, 0) is 19.9 Å². The first-order chi connectivity index (χ1) is 8.87. The Balaban J connectivity index is 2.19. The monoisotopic (exact) mass is 311 g/mol. The van der Waals surface area contributed by atoms with Crippen LogP contribution in [-0.4, -0.2) is 62.2 Å². The Labute approximate surface area is 114 Å². The molecule has 1 saturated carbocycles.